The van der Waals surface area contributed by atoms with Gasteiger partial charge < -0.3 is 14.4 Å². The highest BCUT2D eigenvalue weighted by Crippen LogP contribution is 2.30. The van der Waals surface area contributed by atoms with Crippen LogP contribution in [0, 0.1) is 5.82 Å². The van der Waals surface area contributed by atoms with Crippen LogP contribution in [-0.4, -0.2) is 37.1 Å². The average Bonchev–Trinajstić information content (AvgIpc) is 2.62. The molecule has 130 valence electrons. The largest absolute Gasteiger partial charge is 0.486 e. The maximum atomic E-state index is 13.7. The van der Waals surface area contributed by atoms with Crippen molar-refractivity contribution in [2.45, 2.75) is 6.10 Å². The first-order valence-electron chi connectivity index (χ1n) is 7.79. The summed E-state index contributed by atoms with van der Waals surface area (Å²) in [6, 6.07) is 12.0. The van der Waals surface area contributed by atoms with Crippen LogP contribution in [0.2, 0.25) is 0 Å². The Balaban J connectivity index is 1.60. The molecule has 0 saturated heterocycles. The monoisotopic (exact) mass is 405 g/mol. The summed E-state index contributed by atoms with van der Waals surface area (Å²) >= 11 is 3.28. The molecule has 0 fully saturated rings. The SMILES string of the molecule is CN(CC1COc2ccccc2O1)C(=O)/C=C/c1cc(Br)ccc1F. The molecule has 1 atom stereocenters. The molecule has 0 N–H and O–H groups in total. The van der Waals surface area contributed by atoms with Gasteiger partial charge in [-0.3, -0.25) is 4.79 Å². The number of nitrogens with zero attached hydrogens (tertiary/aromatic N) is 1. The number of hydrogen-bond donors (Lipinski definition) is 0. The van der Waals surface area contributed by atoms with E-state index in [-0.39, 0.29) is 17.8 Å². The van der Waals surface area contributed by atoms with Crippen LogP contribution in [0.3, 0.4) is 0 Å². The molecule has 1 aliphatic rings. The molecule has 0 radical (unpaired) electrons. The van der Waals surface area contributed by atoms with Gasteiger partial charge in [0, 0.05) is 23.2 Å². The standard InChI is InChI=1S/C19H17BrFNO3/c1-22(11-15-12-24-17-4-2-3-5-18(17)25-15)19(23)9-6-13-10-14(20)7-8-16(13)21/h2-10,15H,11-12H2,1H3/b9-6+. The lowest BCUT2D eigenvalue weighted by Gasteiger charge is -2.29. The molecule has 3 rings (SSSR count). The Hall–Kier alpha value is -2.34. The van der Waals surface area contributed by atoms with Gasteiger partial charge in [0.2, 0.25) is 5.91 Å². The summed E-state index contributed by atoms with van der Waals surface area (Å²) in [5, 5.41) is 0. The van der Waals surface area contributed by atoms with Crippen molar-refractivity contribution in [1.29, 1.82) is 0 Å². The number of rotatable bonds is 4. The molecule has 0 saturated carbocycles. The molecular weight excluding hydrogens is 389 g/mol. The fraction of sp³-hybridized carbons (Fsp3) is 0.211. The highest BCUT2D eigenvalue weighted by atomic mass is 79.9. The first-order chi connectivity index (χ1) is 12.0. The smallest absolute Gasteiger partial charge is 0.246 e. The molecule has 4 nitrogen and oxygen atoms in total. The molecule has 1 aliphatic heterocycles. The van der Waals surface area contributed by atoms with E-state index in [2.05, 4.69) is 15.9 Å². The van der Waals surface area contributed by atoms with Crippen molar-refractivity contribution < 1.29 is 18.7 Å². The first-order valence-corrected chi connectivity index (χ1v) is 8.59. The highest BCUT2D eigenvalue weighted by molar-refractivity contribution is 9.10. The Morgan fingerprint density at radius 1 is 1.32 bits per heavy atom. The Labute approximate surface area is 154 Å². The zero-order valence-corrected chi connectivity index (χ0v) is 15.2. The molecule has 2 aromatic carbocycles. The second-order valence-corrected chi connectivity index (χ2v) is 6.63. The van der Waals surface area contributed by atoms with Gasteiger partial charge in [0.1, 0.15) is 12.4 Å². The summed E-state index contributed by atoms with van der Waals surface area (Å²) in [5.41, 5.74) is 0.349. The normalized spacial score (nSPS) is 16.0. The van der Waals surface area contributed by atoms with Gasteiger partial charge in [-0.1, -0.05) is 28.1 Å². The third-order valence-corrected chi connectivity index (χ3v) is 4.28. The number of carbonyl (C=O) groups excluding carboxylic acids is 1. The van der Waals surface area contributed by atoms with Gasteiger partial charge in [-0.15, -0.1) is 0 Å². The second kappa shape index (κ2) is 7.70. The van der Waals surface area contributed by atoms with Crippen LogP contribution in [0.15, 0.2) is 53.0 Å². The minimum atomic E-state index is -0.379. The van der Waals surface area contributed by atoms with E-state index in [4.69, 9.17) is 9.47 Å². The average molecular weight is 406 g/mol. The van der Waals surface area contributed by atoms with Gasteiger partial charge >= 0.3 is 0 Å². The third-order valence-electron chi connectivity index (χ3n) is 3.78. The van der Waals surface area contributed by atoms with Crippen molar-refractivity contribution in [2.24, 2.45) is 0 Å². The Kier molecular flexibility index (Phi) is 5.38. The molecule has 0 aliphatic carbocycles. The molecule has 0 bridgehead atoms. The van der Waals surface area contributed by atoms with Gasteiger partial charge in [-0.25, -0.2) is 4.39 Å². The van der Waals surface area contributed by atoms with Crippen LogP contribution in [-0.2, 0) is 4.79 Å². The zero-order chi connectivity index (χ0) is 17.8. The number of benzene rings is 2. The summed E-state index contributed by atoms with van der Waals surface area (Å²) in [4.78, 5) is 13.8. The van der Waals surface area contributed by atoms with Crippen LogP contribution < -0.4 is 9.47 Å². The van der Waals surface area contributed by atoms with E-state index >= 15 is 0 Å². The quantitative estimate of drug-likeness (QED) is 0.724. The molecular formula is C19H17BrFNO3. The first kappa shape index (κ1) is 17.5. The number of para-hydroxylation sites is 2. The van der Waals surface area contributed by atoms with Gasteiger partial charge in [0.25, 0.3) is 0 Å². The van der Waals surface area contributed by atoms with E-state index in [9.17, 15) is 9.18 Å². The summed E-state index contributed by atoms with van der Waals surface area (Å²) in [7, 11) is 1.67. The lowest BCUT2D eigenvalue weighted by Crippen LogP contribution is -2.41. The maximum Gasteiger partial charge on any atom is 0.246 e. The number of fused-ring (bicyclic) bond motifs is 1. The van der Waals surface area contributed by atoms with Crippen molar-refractivity contribution in [3.05, 3.63) is 64.4 Å². The number of likely N-dealkylation sites (N-methyl/N-ethyl adjacent to an activating group) is 1. The van der Waals surface area contributed by atoms with Crippen LogP contribution in [0.4, 0.5) is 4.39 Å². The van der Waals surface area contributed by atoms with E-state index in [0.717, 1.165) is 4.47 Å². The van der Waals surface area contributed by atoms with E-state index in [0.29, 0.717) is 30.2 Å². The highest BCUT2D eigenvalue weighted by Gasteiger charge is 2.23. The maximum absolute atomic E-state index is 13.7. The minimum Gasteiger partial charge on any atom is -0.486 e. The van der Waals surface area contributed by atoms with Crippen LogP contribution >= 0.6 is 15.9 Å². The number of carbonyl (C=O) groups is 1. The van der Waals surface area contributed by atoms with Crippen molar-refractivity contribution in [1.82, 2.24) is 4.90 Å². The van der Waals surface area contributed by atoms with Gasteiger partial charge in [-0.2, -0.15) is 0 Å². The van der Waals surface area contributed by atoms with Gasteiger partial charge in [-0.05, 0) is 36.4 Å². The summed E-state index contributed by atoms with van der Waals surface area (Å²) in [6.45, 7) is 0.747. The lowest BCUT2D eigenvalue weighted by molar-refractivity contribution is -0.126. The number of hydrogen-bond acceptors (Lipinski definition) is 3. The summed E-state index contributed by atoms with van der Waals surface area (Å²) in [6.07, 6.45) is 2.56. The predicted octanol–water partition coefficient (Wildman–Crippen LogP) is 3.90. The van der Waals surface area contributed by atoms with Gasteiger partial charge in [0.05, 0.1) is 6.54 Å². The Morgan fingerprint density at radius 3 is 2.88 bits per heavy atom. The summed E-state index contributed by atoms with van der Waals surface area (Å²) in [5.74, 6) is 0.765. The molecule has 6 heteroatoms. The lowest BCUT2D eigenvalue weighted by atomic mass is 10.2. The fourth-order valence-electron chi connectivity index (χ4n) is 2.48. The molecule has 0 aromatic heterocycles. The van der Waals surface area contributed by atoms with E-state index in [1.165, 1.54) is 23.1 Å². The number of halogens is 2. The molecule has 0 spiro atoms. The number of ether oxygens (including phenoxy) is 2. The molecule has 2 aromatic rings. The van der Waals surface area contributed by atoms with Crippen molar-refractivity contribution in [3.8, 4) is 11.5 Å². The van der Waals surface area contributed by atoms with Crippen molar-refractivity contribution in [2.75, 3.05) is 20.2 Å². The topological polar surface area (TPSA) is 38.8 Å². The van der Waals surface area contributed by atoms with Crippen molar-refractivity contribution >= 4 is 27.9 Å². The zero-order valence-electron chi connectivity index (χ0n) is 13.6. The Morgan fingerprint density at radius 2 is 2.08 bits per heavy atom. The predicted molar refractivity (Wildman–Crippen MR) is 97.1 cm³/mol. The second-order valence-electron chi connectivity index (χ2n) is 5.72. The molecule has 25 heavy (non-hydrogen) atoms. The van der Waals surface area contributed by atoms with E-state index < -0.39 is 0 Å². The van der Waals surface area contributed by atoms with Crippen LogP contribution in [0.1, 0.15) is 5.56 Å². The molecule has 1 amide bonds. The van der Waals surface area contributed by atoms with Crippen LogP contribution in [0.25, 0.3) is 6.08 Å². The van der Waals surface area contributed by atoms with E-state index in [1.807, 2.05) is 24.3 Å². The van der Waals surface area contributed by atoms with Gasteiger partial charge in [0.15, 0.2) is 17.6 Å². The fourth-order valence-corrected chi connectivity index (χ4v) is 2.86. The van der Waals surface area contributed by atoms with Crippen LogP contribution in [0.5, 0.6) is 11.5 Å². The molecule has 1 heterocycles. The molecule has 1 unspecified atom stereocenters. The number of amides is 1. The van der Waals surface area contributed by atoms with E-state index in [1.54, 1.807) is 19.2 Å². The summed E-state index contributed by atoms with van der Waals surface area (Å²) < 4.78 is 25.9. The minimum absolute atomic E-state index is 0.234. The van der Waals surface area contributed by atoms with Crippen molar-refractivity contribution in [3.63, 3.8) is 0 Å². The third kappa shape index (κ3) is 4.39. The Bertz CT molecular complexity index is 809.